The van der Waals surface area contributed by atoms with E-state index in [0.29, 0.717) is 23.8 Å². The number of hydrogen-bond donors (Lipinski definition) is 1. The summed E-state index contributed by atoms with van der Waals surface area (Å²) in [4.78, 5) is 27.1. The Balaban J connectivity index is 1.52. The second kappa shape index (κ2) is 11.0. The first kappa shape index (κ1) is 22.8. The number of Topliss-reactive ketones (excluding diaryl/α,β-unsaturated/α-hetero) is 1. The molecule has 3 rings (SSSR count). The van der Waals surface area contributed by atoms with Crippen molar-refractivity contribution in [3.63, 3.8) is 0 Å². The fraction of sp³-hybridized carbons (Fsp3) is 0.440. The van der Waals surface area contributed by atoms with Gasteiger partial charge in [0.05, 0.1) is 14.2 Å². The number of likely N-dealkylation sites (tertiary alicyclic amines) is 1. The van der Waals surface area contributed by atoms with Crippen molar-refractivity contribution in [2.75, 3.05) is 34.4 Å². The van der Waals surface area contributed by atoms with Crippen LogP contribution in [0.15, 0.2) is 48.5 Å². The molecule has 2 aromatic rings. The van der Waals surface area contributed by atoms with Crippen LogP contribution in [-0.4, -0.2) is 50.9 Å². The van der Waals surface area contributed by atoms with E-state index in [1.54, 1.807) is 38.5 Å². The summed E-state index contributed by atoms with van der Waals surface area (Å²) in [7, 11) is 5.39. The third kappa shape index (κ3) is 6.07. The molecule has 1 aliphatic heterocycles. The van der Waals surface area contributed by atoms with Crippen molar-refractivity contribution in [3.05, 3.63) is 59.7 Å². The van der Waals surface area contributed by atoms with Crippen LogP contribution in [0.2, 0.25) is 0 Å². The lowest BCUT2D eigenvalue weighted by molar-refractivity contribution is -0.121. The lowest BCUT2D eigenvalue weighted by Gasteiger charge is -2.39. The van der Waals surface area contributed by atoms with Gasteiger partial charge in [-0.1, -0.05) is 12.1 Å². The molecule has 0 radical (unpaired) electrons. The number of ketones is 1. The summed E-state index contributed by atoms with van der Waals surface area (Å²) in [5.41, 5.74) is 1.83. The maximum Gasteiger partial charge on any atom is 0.220 e. The molecule has 1 N–H and O–H groups in total. The average Bonchev–Trinajstić information content (AvgIpc) is 2.81. The molecular formula is C25H32N2O4. The molecule has 1 aliphatic rings. The number of nitrogens with one attached hydrogen (secondary N) is 1. The third-order valence-electron chi connectivity index (χ3n) is 6.02. The Morgan fingerprint density at radius 2 is 1.58 bits per heavy atom. The van der Waals surface area contributed by atoms with Crippen molar-refractivity contribution in [1.82, 2.24) is 10.2 Å². The van der Waals surface area contributed by atoms with Gasteiger partial charge in [0.15, 0.2) is 5.78 Å². The summed E-state index contributed by atoms with van der Waals surface area (Å²) in [6, 6.07) is 15.4. The average molecular weight is 425 g/mol. The Hall–Kier alpha value is -2.86. The second-order valence-electron chi connectivity index (χ2n) is 8.06. The molecule has 0 spiro atoms. The topological polar surface area (TPSA) is 67.9 Å². The number of piperidine rings is 1. The van der Waals surface area contributed by atoms with Crippen LogP contribution in [0.3, 0.4) is 0 Å². The van der Waals surface area contributed by atoms with Gasteiger partial charge in [-0.25, -0.2) is 0 Å². The Kier molecular flexibility index (Phi) is 8.06. The minimum Gasteiger partial charge on any atom is -0.497 e. The van der Waals surface area contributed by atoms with Crippen LogP contribution in [0, 0.1) is 5.92 Å². The predicted octanol–water partition coefficient (Wildman–Crippen LogP) is 3.87. The SMILES string of the molecule is COc1ccc(C(=O)CCC(=O)NCC2CCCN(C)C2c2ccc(OC)cc2)cc1. The molecule has 2 aromatic carbocycles. The maximum absolute atomic E-state index is 12.4. The molecule has 1 amide bonds. The molecule has 166 valence electrons. The van der Waals surface area contributed by atoms with Crippen molar-refractivity contribution in [3.8, 4) is 11.5 Å². The number of hydrogen-bond acceptors (Lipinski definition) is 5. The number of nitrogens with zero attached hydrogens (tertiary/aromatic N) is 1. The molecule has 2 atom stereocenters. The number of rotatable bonds is 9. The summed E-state index contributed by atoms with van der Waals surface area (Å²) >= 11 is 0. The van der Waals surface area contributed by atoms with E-state index in [1.807, 2.05) is 12.1 Å². The lowest BCUT2D eigenvalue weighted by atomic mass is 9.85. The van der Waals surface area contributed by atoms with E-state index < -0.39 is 0 Å². The van der Waals surface area contributed by atoms with E-state index in [1.165, 1.54) is 5.56 Å². The van der Waals surface area contributed by atoms with Crippen molar-refractivity contribution in [1.29, 1.82) is 0 Å². The highest BCUT2D eigenvalue weighted by atomic mass is 16.5. The zero-order chi connectivity index (χ0) is 22.2. The first-order valence-electron chi connectivity index (χ1n) is 10.8. The van der Waals surface area contributed by atoms with Gasteiger partial charge in [0, 0.05) is 31.0 Å². The number of carbonyl (C=O) groups excluding carboxylic acids is 2. The zero-order valence-corrected chi connectivity index (χ0v) is 18.6. The third-order valence-corrected chi connectivity index (χ3v) is 6.02. The number of carbonyl (C=O) groups is 2. The van der Waals surface area contributed by atoms with Crippen LogP contribution in [0.1, 0.15) is 47.6 Å². The van der Waals surface area contributed by atoms with Crippen LogP contribution >= 0.6 is 0 Å². The number of ether oxygens (including phenoxy) is 2. The molecule has 1 heterocycles. The highest BCUT2D eigenvalue weighted by Crippen LogP contribution is 2.35. The van der Waals surface area contributed by atoms with Gasteiger partial charge < -0.3 is 14.8 Å². The van der Waals surface area contributed by atoms with Crippen molar-refractivity contribution in [2.24, 2.45) is 5.92 Å². The summed E-state index contributed by atoms with van der Waals surface area (Å²) in [5, 5.41) is 3.06. The number of methoxy groups -OCH3 is 2. The second-order valence-corrected chi connectivity index (χ2v) is 8.06. The monoisotopic (exact) mass is 424 g/mol. The van der Waals surface area contributed by atoms with Crippen molar-refractivity contribution < 1.29 is 19.1 Å². The van der Waals surface area contributed by atoms with E-state index in [0.717, 1.165) is 25.1 Å². The Morgan fingerprint density at radius 3 is 2.19 bits per heavy atom. The van der Waals surface area contributed by atoms with Gasteiger partial charge in [0.2, 0.25) is 5.91 Å². The fourth-order valence-corrected chi connectivity index (χ4v) is 4.28. The van der Waals surface area contributed by atoms with Gasteiger partial charge >= 0.3 is 0 Å². The quantitative estimate of drug-likeness (QED) is 0.619. The van der Waals surface area contributed by atoms with Crippen LogP contribution in [0.25, 0.3) is 0 Å². The summed E-state index contributed by atoms with van der Waals surface area (Å²) < 4.78 is 10.4. The van der Waals surface area contributed by atoms with Gasteiger partial charge in [-0.3, -0.25) is 14.5 Å². The molecule has 31 heavy (non-hydrogen) atoms. The summed E-state index contributed by atoms with van der Waals surface area (Å²) in [6.45, 7) is 1.65. The molecule has 0 bridgehead atoms. The Bertz CT molecular complexity index is 864. The Labute approximate surface area is 184 Å². The molecule has 6 heteroatoms. The fourth-order valence-electron chi connectivity index (χ4n) is 4.28. The van der Waals surface area contributed by atoms with E-state index in [4.69, 9.17) is 9.47 Å². The van der Waals surface area contributed by atoms with Crippen molar-refractivity contribution in [2.45, 2.75) is 31.7 Å². The van der Waals surface area contributed by atoms with Crippen LogP contribution in [-0.2, 0) is 4.79 Å². The molecule has 0 saturated carbocycles. The summed E-state index contributed by atoms with van der Waals surface area (Å²) in [5.74, 6) is 1.76. The molecule has 0 aliphatic carbocycles. The smallest absolute Gasteiger partial charge is 0.220 e. The largest absolute Gasteiger partial charge is 0.497 e. The Morgan fingerprint density at radius 1 is 0.968 bits per heavy atom. The normalized spacial score (nSPS) is 18.9. The van der Waals surface area contributed by atoms with E-state index >= 15 is 0 Å². The van der Waals surface area contributed by atoms with Gasteiger partial charge in [-0.15, -0.1) is 0 Å². The number of amides is 1. The first-order valence-corrected chi connectivity index (χ1v) is 10.8. The molecule has 1 saturated heterocycles. The van der Waals surface area contributed by atoms with Crippen molar-refractivity contribution >= 4 is 11.7 Å². The van der Waals surface area contributed by atoms with E-state index in [9.17, 15) is 9.59 Å². The van der Waals surface area contributed by atoms with E-state index in [2.05, 4.69) is 29.4 Å². The highest BCUT2D eigenvalue weighted by molar-refractivity contribution is 5.98. The lowest BCUT2D eigenvalue weighted by Crippen LogP contribution is -2.41. The minimum absolute atomic E-state index is 0.0358. The number of benzene rings is 2. The maximum atomic E-state index is 12.4. The van der Waals surface area contributed by atoms with Crippen LogP contribution in [0.5, 0.6) is 11.5 Å². The first-order chi connectivity index (χ1) is 15.0. The van der Waals surface area contributed by atoms with Crippen LogP contribution in [0.4, 0.5) is 0 Å². The highest BCUT2D eigenvalue weighted by Gasteiger charge is 2.30. The van der Waals surface area contributed by atoms with Gasteiger partial charge in [0.1, 0.15) is 11.5 Å². The zero-order valence-electron chi connectivity index (χ0n) is 18.6. The molecule has 1 fully saturated rings. The van der Waals surface area contributed by atoms with Gasteiger partial charge in [0.25, 0.3) is 0 Å². The van der Waals surface area contributed by atoms with Gasteiger partial charge in [-0.05, 0) is 74.3 Å². The molecular weight excluding hydrogens is 392 g/mol. The van der Waals surface area contributed by atoms with E-state index in [-0.39, 0.29) is 30.6 Å². The summed E-state index contributed by atoms with van der Waals surface area (Å²) in [6.07, 6.45) is 2.57. The molecule has 2 unspecified atom stereocenters. The molecule has 6 nitrogen and oxygen atoms in total. The predicted molar refractivity (Wildman–Crippen MR) is 121 cm³/mol. The standard InChI is InChI=1S/C25H32N2O4/c1-27-16-4-5-20(25(27)19-8-12-22(31-3)13-9-19)17-26-24(29)15-14-23(28)18-6-10-21(30-2)11-7-18/h6-13,20,25H,4-5,14-17H2,1-3H3,(H,26,29). The van der Waals surface area contributed by atoms with Crippen LogP contribution < -0.4 is 14.8 Å². The molecule has 0 aromatic heterocycles. The minimum atomic E-state index is -0.0800. The van der Waals surface area contributed by atoms with Gasteiger partial charge in [-0.2, -0.15) is 0 Å².